The normalized spacial score (nSPS) is 16.1. The van der Waals surface area contributed by atoms with Crippen LogP contribution in [-0.2, 0) is 9.59 Å². The second kappa shape index (κ2) is 9.13. The molecule has 1 saturated carbocycles. The van der Waals surface area contributed by atoms with Crippen LogP contribution in [0.2, 0.25) is 0 Å². The van der Waals surface area contributed by atoms with E-state index in [1.54, 1.807) is 24.3 Å². The summed E-state index contributed by atoms with van der Waals surface area (Å²) < 4.78 is 0.906. The minimum Gasteiger partial charge on any atom is -0.354 e. The van der Waals surface area contributed by atoms with E-state index in [0.717, 1.165) is 23.7 Å². The molecule has 2 rings (SSSR count). The Bertz CT molecular complexity index is 622. The van der Waals surface area contributed by atoms with Gasteiger partial charge in [0.05, 0.1) is 0 Å². The maximum atomic E-state index is 12.4. The predicted molar refractivity (Wildman–Crippen MR) is 100 cm³/mol. The Labute approximate surface area is 157 Å². The molecule has 0 heterocycles. The average Bonchev–Trinajstić information content (AvgIpc) is 2.61. The molecule has 1 aromatic rings. The van der Waals surface area contributed by atoms with Crippen molar-refractivity contribution in [3.05, 3.63) is 34.3 Å². The quantitative estimate of drug-likeness (QED) is 0.679. The molecule has 5 nitrogen and oxygen atoms in total. The lowest BCUT2D eigenvalue weighted by Gasteiger charge is -2.36. The molecule has 0 saturated heterocycles. The van der Waals surface area contributed by atoms with Gasteiger partial charge in [0.1, 0.15) is 5.54 Å². The van der Waals surface area contributed by atoms with Crippen LogP contribution in [0.4, 0.5) is 0 Å². The lowest BCUT2D eigenvalue weighted by molar-refractivity contribution is -0.135. The zero-order chi connectivity index (χ0) is 18.3. The van der Waals surface area contributed by atoms with Gasteiger partial charge in [-0.1, -0.05) is 47.3 Å². The molecule has 0 radical (unpaired) electrons. The maximum absolute atomic E-state index is 12.4. The van der Waals surface area contributed by atoms with Crippen molar-refractivity contribution < 1.29 is 14.4 Å². The molecule has 2 amide bonds. The van der Waals surface area contributed by atoms with Crippen molar-refractivity contribution >= 4 is 33.5 Å². The van der Waals surface area contributed by atoms with Crippen molar-refractivity contribution in [1.29, 1.82) is 0 Å². The zero-order valence-corrected chi connectivity index (χ0v) is 16.2. The fourth-order valence-electron chi connectivity index (χ4n) is 3.23. The van der Waals surface area contributed by atoms with Gasteiger partial charge < -0.3 is 10.6 Å². The monoisotopic (exact) mass is 408 g/mol. The van der Waals surface area contributed by atoms with Gasteiger partial charge in [0.15, 0.2) is 5.78 Å². The van der Waals surface area contributed by atoms with Gasteiger partial charge in [0.2, 0.25) is 11.8 Å². The fraction of sp³-hybridized carbons (Fsp3) is 0.526. The Kier molecular flexibility index (Phi) is 7.17. The van der Waals surface area contributed by atoms with Crippen LogP contribution in [0.3, 0.4) is 0 Å². The molecule has 2 N–H and O–H groups in total. The van der Waals surface area contributed by atoms with E-state index >= 15 is 0 Å². The number of hydrogen-bond donors (Lipinski definition) is 2. The lowest BCUT2D eigenvalue weighted by Crippen LogP contribution is -2.59. The third-order valence-electron chi connectivity index (χ3n) is 4.60. The third kappa shape index (κ3) is 5.39. The molecule has 136 valence electrons. The van der Waals surface area contributed by atoms with Crippen LogP contribution < -0.4 is 10.6 Å². The number of carbonyl (C=O) groups is 3. The lowest BCUT2D eigenvalue weighted by atomic mass is 9.80. The van der Waals surface area contributed by atoms with Crippen molar-refractivity contribution in [2.75, 3.05) is 6.54 Å². The van der Waals surface area contributed by atoms with Crippen molar-refractivity contribution in [3.63, 3.8) is 0 Å². The first-order valence-electron chi connectivity index (χ1n) is 8.85. The first-order valence-corrected chi connectivity index (χ1v) is 9.64. The van der Waals surface area contributed by atoms with E-state index in [9.17, 15) is 14.4 Å². The highest BCUT2D eigenvalue weighted by molar-refractivity contribution is 9.10. The number of hydrogen-bond acceptors (Lipinski definition) is 3. The summed E-state index contributed by atoms with van der Waals surface area (Å²) in [4.78, 5) is 37.0. The molecule has 6 heteroatoms. The van der Waals surface area contributed by atoms with Crippen LogP contribution >= 0.6 is 15.9 Å². The largest absolute Gasteiger partial charge is 0.354 e. The summed E-state index contributed by atoms with van der Waals surface area (Å²) in [6, 6.07) is 7.09. The second-order valence-electron chi connectivity index (χ2n) is 6.48. The molecule has 0 unspecified atom stereocenters. The van der Waals surface area contributed by atoms with Gasteiger partial charge in [-0.2, -0.15) is 0 Å². The summed E-state index contributed by atoms with van der Waals surface area (Å²) in [6.45, 7) is 2.41. The third-order valence-corrected chi connectivity index (χ3v) is 5.13. The van der Waals surface area contributed by atoms with Crippen LogP contribution in [0.5, 0.6) is 0 Å². The Morgan fingerprint density at radius 1 is 1.04 bits per heavy atom. The molecule has 0 aliphatic heterocycles. The average molecular weight is 409 g/mol. The highest BCUT2D eigenvalue weighted by atomic mass is 79.9. The number of halogens is 1. The number of ketones is 1. The zero-order valence-electron chi connectivity index (χ0n) is 14.6. The molecule has 1 aromatic carbocycles. The SMILES string of the molecule is CCNC(=O)C1(NC(=O)CCC(=O)c2ccc(Br)cc2)CCCCC1. The minimum absolute atomic E-state index is 0.0710. The molecular formula is C19H25BrN2O3. The van der Waals surface area contributed by atoms with Gasteiger partial charge in [-0.3, -0.25) is 14.4 Å². The topological polar surface area (TPSA) is 75.3 Å². The van der Waals surface area contributed by atoms with Crippen molar-refractivity contribution in [3.8, 4) is 0 Å². The van der Waals surface area contributed by atoms with E-state index in [2.05, 4.69) is 26.6 Å². The number of carbonyl (C=O) groups excluding carboxylic acids is 3. The molecule has 0 aromatic heterocycles. The van der Waals surface area contributed by atoms with Crippen LogP contribution in [-0.4, -0.2) is 29.7 Å². The highest BCUT2D eigenvalue weighted by Crippen LogP contribution is 2.28. The van der Waals surface area contributed by atoms with Crippen LogP contribution in [0, 0.1) is 0 Å². The number of rotatable bonds is 7. The smallest absolute Gasteiger partial charge is 0.245 e. The van der Waals surface area contributed by atoms with Gasteiger partial charge in [-0.05, 0) is 31.9 Å². The van der Waals surface area contributed by atoms with Crippen molar-refractivity contribution in [1.82, 2.24) is 10.6 Å². The summed E-state index contributed by atoms with van der Waals surface area (Å²) in [5.41, 5.74) is -0.224. The van der Waals surface area contributed by atoms with Gasteiger partial charge in [0, 0.05) is 29.4 Å². The first-order chi connectivity index (χ1) is 12.0. The molecule has 0 spiro atoms. The molecule has 1 aliphatic carbocycles. The summed E-state index contributed by atoms with van der Waals surface area (Å²) in [5, 5.41) is 5.75. The van der Waals surface area contributed by atoms with Gasteiger partial charge in [0.25, 0.3) is 0 Å². The van der Waals surface area contributed by atoms with Crippen LogP contribution in [0.25, 0.3) is 0 Å². The number of amides is 2. The van der Waals surface area contributed by atoms with E-state index in [1.165, 1.54) is 0 Å². The second-order valence-corrected chi connectivity index (χ2v) is 7.40. The fourth-order valence-corrected chi connectivity index (χ4v) is 3.49. The number of nitrogens with one attached hydrogen (secondary N) is 2. The van der Waals surface area contributed by atoms with E-state index in [1.807, 2.05) is 6.92 Å². The number of likely N-dealkylation sites (N-methyl/N-ethyl adjacent to an activating group) is 1. The Morgan fingerprint density at radius 3 is 2.28 bits per heavy atom. The predicted octanol–water partition coefficient (Wildman–Crippen LogP) is 3.37. The molecule has 1 fully saturated rings. The van der Waals surface area contributed by atoms with Gasteiger partial charge in [-0.25, -0.2) is 0 Å². The maximum Gasteiger partial charge on any atom is 0.245 e. The Hall–Kier alpha value is -1.69. The minimum atomic E-state index is -0.813. The summed E-state index contributed by atoms with van der Waals surface area (Å²) in [5.74, 6) is -0.417. The number of benzene rings is 1. The molecule has 0 atom stereocenters. The van der Waals surface area contributed by atoms with E-state index in [-0.39, 0.29) is 30.4 Å². The standard InChI is InChI=1S/C19H25BrN2O3/c1-2-21-18(25)19(12-4-3-5-13-19)22-17(24)11-10-16(23)14-6-8-15(20)9-7-14/h6-9H,2-5,10-13H2,1H3,(H,21,25)(H,22,24). The molecule has 0 bridgehead atoms. The van der Waals surface area contributed by atoms with E-state index in [0.29, 0.717) is 24.9 Å². The summed E-state index contributed by atoms with van der Waals surface area (Å²) in [7, 11) is 0. The highest BCUT2D eigenvalue weighted by Gasteiger charge is 2.40. The van der Waals surface area contributed by atoms with Crippen LogP contribution in [0.1, 0.15) is 62.2 Å². The van der Waals surface area contributed by atoms with Gasteiger partial charge >= 0.3 is 0 Å². The Morgan fingerprint density at radius 2 is 1.68 bits per heavy atom. The van der Waals surface area contributed by atoms with Crippen molar-refractivity contribution in [2.24, 2.45) is 0 Å². The summed E-state index contributed by atoms with van der Waals surface area (Å²) >= 11 is 3.33. The summed E-state index contributed by atoms with van der Waals surface area (Å²) in [6.07, 6.45) is 4.48. The molecule has 25 heavy (non-hydrogen) atoms. The van der Waals surface area contributed by atoms with Gasteiger partial charge in [-0.15, -0.1) is 0 Å². The van der Waals surface area contributed by atoms with Crippen molar-refractivity contribution in [2.45, 2.75) is 57.4 Å². The number of Topliss-reactive ketones (excluding diaryl/α,β-unsaturated/α-hetero) is 1. The van der Waals surface area contributed by atoms with E-state index < -0.39 is 5.54 Å². The first kappa shape index (κ1) is 19.6. The molecule has 1 aliphatic rings. The van der Waals surface area contributed by atoms with E-state index in [4.69, 9.17) is 0 Å². The Balaban J connectivity index is 1.93. The van der Waals surface area contributed by atoms with Crippen LogP contribution in [0.15, 0.2) is 28.7 Å². The molecular weight excluding hydrogens is 384 g/mol.